The molecule has 150 valence electrons. The quantitative estimate of drug-likeness (QED) is 0.678. The van der Waals surface area contributed by atoms with Crippen LogP contribution in [-0.2, 0) is 4.79 Å². The lowest BCUT2D eigenvalue weighted by molar-refractivity contribution is -0.117. The van der Waals surface area contributed by atoms with E-state index in [9.17, 15) is 14.4 Å². The smallest absolute Gasteiger partial charge is 0.261 e. The largest absolute Gasteiger partial charge is 0.324 e. The summed E-state index contributed by atoms with van der Waals surface area (Å²) in [5.41, 5.74) is 4.19. The molecule has 1 aliphatic rings. The van der Waals surface area contributed by atoms with Crippen molar-refractivity contribution in [3.63, 3.8) is 0 Å². The Labute approximate surface area is 173 Å². The van der Waals surface area contributed by atoms with Gasteiger partial charge in [0.25, 0.3) is 11.8 Å². The summed E-state index contributed by atoms with van der Waals surface area (Å²) in [4.78, 5) is 47.3. The number of pyridine rings is 2. The van der Waals surface area contributed by atoms with E-state index in [4.69, 9.17) is 0 Å². The fourth-order valence-electron chi connectivity index (χ4n) is 3.55. The number of benzene rings is 1. The summed E-state index contributed by atoms with van der Waals surface area (Å²) >= 11 is 0. The standard InChI is InChI=1S/C23H20N4O3/c1-13-9-17(20-18(10-13)22(29)27(3)23(20)30)14(2)21(28)26-16-6-7-19(25-12-16)15-5-4-8-24-11-15/h4-12,14H,1-3H3,(H,26,28)/t14-/m1/s1. The van der Waals surface area contributed by atoms with Gasteiger partial charge in [-0.25, -0.2) is 0 Å². The fourth-order valence-corrected chi connectivity index (χ4v) is 3.55. The summed E-state index contributed by atoms with van der Waals surface area (Å²) in [6.45, 7) is 3.56. The zero-order valence-corrected chi connectivity index (χ0v) is 16.8. The van der Waals surface area contributed by atoms with Crippen LogP contribution < -0.4 is 5.32 Å². The molecule has 0 saturated heterocycles. The second kappa shape index (κ2) is 7.51. The number of carbonyl (C=O) groups is 3. The van der Waals surface area contributed by atoms with Crippen LogP contribution in [0.15, 0.2) is 55.0 Å². The molecule has 0 radical (unpaired) electrons. The number of amides is 3. The van der Waals surface area contributed by atoms with E-state index in [1.807, 2.05) is 19.1 Å². The molecular formula is C23H20N4O3. The van der Waals surface area contributed by atoms with Crippen molar-refractivity contribution in [2.75, 3.05) is 12.4 Å². The third-order valence-electron chi connectivity index (χ3n) is 5.21. The van der Waals surface area contributed by atoms with Crippen LogP contribution in [0.5, 0.6) is 0 Å². The van der Waals surface area contributed by atoms with Gasteiger partial charge in [0.1, 0.15) is 0 Å². The predicted molar refractivity (Wildman–Crippen MR) is 112 cm³/mol. The van der Waals surface area contributed by atoms with Gasteiger partial charge in [-0.05, 0) is 55.3 Å². The number of aromatic nitrogens is 2. The molecule has 3 heterocycles. The molecule has 1 aromatic carbocycles. The summed E-state index contributed by atoms with van der Waals surface area (Å²) in [5.74, 6) is -1.64. The van der Waals surface area contributed by atoms with E-state index in [-0.39, 0.29) is 17.7 Å². The van der Waals surface area contributed by atoms with E-state index >= 15 is 0 Å². The number of imide groups is 1. The second-order valence-corrected chi connectivity index (χ2v) is 7.33. The predicted octanol–water partition coefficient (Wildman–Crippen LogP) is 3.42. The van der Waals surface area contributed by atoms with E-state index in [2.05, 4.69) is 15.3 Å². The summed E-state index contributed by atoms with van der Waals surface area (Å²) < 4.78 is 0. The molecule has 0 saturated carbocycles. The number of hydrogen-bond donors (Lipinski definition) is 1. The van der Waals surface area contributed by atoms with Gasteiger partial charge in [0.05, 0.1) is 34.6 Å². The second-order valence-electron chi connectivity index (χ2n) is 7.33. The molecule has 1 aliphatic heterocycles. The van der Waals surface area contributed by atoms with Crippen LogP contribution in [0.1, 0.15) is 44.7 Å². The molecule has 1 atom stereocenters. The molecule has 3 aromatic rings. The first-order valence-electron chi connectivity index (χ1n) is 9.51. The zero-order valence-electron chi connectivity index (χ0n) is 16.8. The Kier molecular flexibility index (Phi) is 4.87. The van der Waals surface area contributed by atoms with Crippen LogP contribution in [0.4, 0.5) is 5.69 Å². The Morgan fingerprint density at radius 2 is 1.90 bits per heavy atom. The first kappa shape index (κ1) is 19.4. The highest BCUT2D eigenvalue weighted by atomic mass is 16.2. The van der Waals surface area contributed by atoms with Crippen LogP contribution in [-0.4, -0.2) is 39.6 Å². The molecule has 4 rings (SSSR count). The Hall–Kier alpha value is -3.87. The minimum absolute atomic E-state index is 0.284. The number of carbonyl (C=O) groups excluding carboxylic acids is 3. The maximum absolute atomic E-state index is 12.9. The maximum Gasteiger partial charge on any atom is 0.261 e. The molecule has 0 bridgehead atoms. The van der Waals surface area contributed by atoms with Crippen molar-refractivity contribution < 1.29 is 14.4 Å². The van der Waals surface area contributed by atoms with Crippen LogP contribution in [0.3, 0.4) is 0 Å². The number of fused-ring (bicyclic) bond motifs is 1. The van der Waals surface area contributed by atoms with Gasteiger partial charge in [0, 0.05) is 25.0 Å². The number of anilines is 1. The Morgan fingerprint density at radius 3 is 2.57 bits per heavy atom. The molecule has 0 fully saturated rings. The lowest BCUT2D eigenvalue weighted by Crippen LogP contribution is -2.25. The molecule has 0 unspecified atom stereocenters. The van der Waals surface area contributed by atoms with Crippen molar-refractivity contribution >= 4 is 23.4 Å². The third kappa shape index (κ3) is 3.34. The number of nitrogens with zero attached hydrogens (tertiary/aromatic N) is 3. The van der Waals surface area contributed by atoms with Crippen molar-refractivity contribution in [3.8, 4) is 11.3 Å². The molecule has 0 aliphatic carbocycles. The summed E-state index contributed by atoms with van der Waals surface area (Å²) in [6, 6.07) is 10.8. The highest BCUT2D eigenvalue weighted by Crippen LogP contribution is 2.32. The van der Waals surface area contributed by atoms with Gasteiger partial charge in [-0.3, -0.25) is 29.3 Å². The Morgan fingerprint density at radius 1 is 1.10 bits per heavy atom. The van der Waals surface area contributed by atoms with E-state index in [0.29, 0.717) is 22.4 Å². The molecule has 7 heteroatoms. The lowest BCUT2D eigenvalue weighted by atomic mass is 9.90. The molecule has 30 heavy (non-hydrogen) atoms. The summed E-state index contributed by atoms with van der Waals surface area (Å²) in [6.07, 6.45) is 4.99. The highest BCUT2D eigenvalue weighted by Gasteiger charge is 2.37. The lowest BCUT2D eigenvalue weighted by Gasteiger charge is -2.16. The fraction of sp³-hybridized carbons (Fsp3) is 0.174. The minimum atomic E-state index is -0.625. The van der Waals surface area contributed by atoms with Gasteiger partial charge in [0.15, 0.2) is 0 Å². The van der Waals surface area contributed by atoms with Gasteiger partial charge >= 0.3 is 0 Å². The summed E-state index contributed by atoms with van der Waals surface area (Å²) in [5, 5.41) is 2.84. The summed E-state index contributed by atoms with van der Waals surface area (Å²) in [7, 11) is 1.45. The first-order chi connectivity index (χ1) is 14.4. The Bertz CT molecular complexity index is 1160. The van der Waals surface area contributed by atoms with Crippen molar-refractivity contribution in [2.45, 2.75) is 19.8 Å². The van der Waals surface area contributed by atoms with Crippen LogP contribution in [0, 0.1) is 6.92 Å². The topological polar surface area (TPSA) is 92.3 Å². The molecule has 0 spiro atoms. The first-order valence-corrected chi connectivity index (χ1v) is 9.51. The molecular weight excluding hydrogens is 380 g/mol. The van der Waals surface area contributed by atoms with Gasteiger partial charge in [-0.2, -0.15) is 0 Å². The van der Waals surface area contributed by atoms with Gasteiger partial charge in [-0.15, -0.1) is 0 Å². The van der Waals surface area contributed by atoms with Gasteiger partial charge in [0.2, 0.25) is 5.91 Å². The molecule has 1 N–H and O–H groups in total. The SMILES string of the molecule is Cc1cc2c(c([C@@H](C)C(=O)Nc3ccc(-c4cccnc4)nc3)c1)C(=O)N(C)C2=O. The monoisotopic (exact) mass is 400 g/mol. The normalized spacial score (nSPS) is 13.9. The maximum atomic E-state index is 12.9. The number of rotatable bonds is 4. The van der Waals surface area contributed by atoms with E-state index in [1.54, 1.807) is 49.8 Å². The highest BCUT2D eigenvalue weighted by molar-refractivity contribution is 6.22. The number of nitrogens with one attached hydrogen (secondary N) is 1. The molecule has 2 aromatic heterocycles. The van der Waals surface area contributed by atoms with E-state index in [1.165, 1.54) is 7.05 Å². The van der Waals surface area contributed by atoms with Gasteiger partial charge in [-0.1, -0.05) is 6.07 Å². The van der Waals surface area contributed by atoms with Crippen LogP contribution >= 0.6 is 0 Å². The number of hydrogen-bond acceptors (Lipinski definition) is 5. The molecule has 7 nitrogen and oxygen atoms in total. The van der Waals surface area contributed by atoms with Gasteiger partial charge < -0.3 is 5.32 Å². The zero-order chi connectivity index (χ0) is 21.4. The van der Waals surface area contributed by atoms with E-state index in [0.717, 1.165) is 21.7 Å². The van der Waals surface area contributed by atoms with E-state index < -0.39 is 5.92 Å². The van der Waals surface area contributed by atoms with Crippen molar-refractivity contribution in [2.24, 2.45) is 0 Å². The molecule has 3 amide bonds. The minimum Gasteiger partial charge on any atom is -0.324 e. The van der Waals surface area contributed by atoms with Crippen molar-refractivity contribution in [3.05, 3.63) is 77.2 Å². The Balaban J connectivity index is 1.58. The van der Waals surface area contributed by atoms with Crippen LogP contribution in [0.25, 0.3) is 11.3 Å². The average molecular weight is 400 g/mol. The number of aryl methyl sites for hydroxylation is 1. The van der Waals surface area contributed by atoms with Crippen molar-refractivity contribution in [1.29, 1.82) is 0 Å². The van der Waals surface area contributed by atoms with Crippen molar-refractivity contribution in [1.82, 2.24) is 14.9 Å². The third-order valence-corrected chi connectivity index (χ3v) is 5.21. The van der Waals surface area contributed by atoms with Crippen LogP contribution in [0.2, 0.25) is 0 Å². The average Bonchev–Trinajstić information content (AvgIpc) is 2.97.